The third-order valence-corrected chi connectivity index (χ3v) is 4.04. The van der Waals surface area contributed by atoms with Gasteiger partial charge in [-0.25, -0.2) is 9.37 Å². The van der Waals surface area contributed by atoms with Crippen LogP contribution in [0.5, 0.6) is 0 Å². The van der Waals surface area contributed by atoms with Gasteiger partial charge in [0.25, 0.3) is 0 Å². The fourth-order valence-corrected chi connectivity index (χ4v) is 2.63. The lowest BCUT2D eigenvalue weighted by molar-refractivity contribution is 0.631. The van der Waals surface area contributed by atoms with Crippen LogP contribution in [0.3, 0.4) is 0 Å². The van der Waals surface area contributed by atoms with E-state index in [2.05, 4.69) is 20.6 Å². The van der Waals surface area contributed by atoms with Crippen molar-refractivity contribution >= 4 is 46.5 Å². The Balaban J connectivity index is 1.86. The number of hydrogen-bond acceptors (Lipinski definition) is 7. The molecule has 1 aromatic heterocycles. The number of anilines is 5. The fourth-order valence-electron chi connectivity index (χ4n) is 2.37. The average Bonchev–Trinajstić information content (AvgIpc) is 2.72. The molecule has 0 fully saturated rings. The van der Waals surface area contributed by atoms with E-state index in [0.29, 0.717) is 16.8 Å². The molecule has 0 atom stereocenters. The number of aromatic nitrogens is 2. The second-order valence-corrected chi connectivity index (χ2v) is 6.17. The molecular formula is C20H13ClFN7. The van der Waals surface area contributed by atoms with E-state index in [-0.39, 0.29) is 28.2 Å². The van der Waals surface area contributed by atoms with E-state index < -0.39 is 5.82 Å². The first-order valence-electron chi connectivity index (χ1n) is 8.22. The monoisotopic (exact) mass is 405 g/mol. The molecule has 0 radical (unpaired) electrons. The smallest absolute Gasteiger partial charge is 0.229 e. The van der Waals surface area contributed by atoms with Crippen LogP contribution in [0, 0.1) is 28.5 Å². The van der Waals surface area contributed by atoms with Crippen molar-refractivity contribution in [1.82, 2.24) is 9.97 Å². The molecule has 29 heavy (non-hydrogen) atoms. The molecule has 0 aliphatic heterocycles. The van der Waals surface area contributed by atoms with Gasteiger partial charge in [-0.15, -0.1) is 0 Å². The van der Waals surface area contributed by atoms with Gasteiger partial charge < -0.3 is 16.4 Å². The summed E-state index contributed by atoms with van der Waals surface area (Å²) < 4.78 is 14.5. The van der Waals surface area contributed by atoms with Crippen molar-refractivity contribution in [2.24, 2.45) is 0 Å². The van der Waals surface area contributed by atoms with Gasteiger partial charge in [-0.2, -0.15) is 15.5 Å². The Morgan fingerprint density at radius 2 is 1.90 bits per heavy atom. The fraction of sp³-hybridized carbons (Fsp3) is 0. The number of nitriles is 2. The maximum absolute atomic E-state index is 14.5. The number of nitrogens with zero attached hydrogens (tertiary/aromatic N) is 4. The van der Waals surface area contributed by atoms with Gasteiger partial charge in [-0.05, 0) is 48.0 Å². The molecule has 0 aliphatic rings. The van der Waals surface area contributed by atoms with Crippen LogP contribution < -0.4 is 16.4 Å². The van der Waals surface area contributed by atoms with Crippen molar-refractivity contribution in [3.8, 4) is 12.1 Å². The van der Waals surface area contributed by atoms with Crippen LogP contribution in [0.4, 0.5) is 33.2 Å². The van der Waals surface area contributed by atoms with Gasteiger partial charge >= 0.3 is 0 Å². The zero-order valence-electron chi connectivity index (χ0n) is 14.8. The van der Waals surface area contributed by atoms with Crippen LogP contribution in [-0.4, -0.2) is 9.97 Å². The normalized spacial score (nSPS) is 10.3. The first-order chi connectivity index (χ1) is 14.0. The number of nitrogens with two attached hydrogens (primary N) is 1. The molecule has 2 aromatic carbocycles. The summed E-state index contributed by atoms with van der Waals surface area (Å²) in [6, 6.07) is 13.3. The summed E-state index contributed by atoms with van der Waals surface area (Å²) in [5, 5.41) is 23.3. The topological polar surface area (TPSA) is 123 Å². The highest BCUT2D eigenvalue weighted by Crippen LogP contribution is 2.32. The number of rotatable bonds is 5. The first-order valence-corrected chi connectivity index (χ1v) is 8.60. The van der Waals surface area contributed by atoms with E-state index >= 15 is 0 Å². The zero-order chi connectivity index (χ0) is 20.8. The third kappa shape index (κ3) is 4.78. The highest BCUT2D eigenvalue weighted by Gasteiger charge is 2.13. The number of halogens is 2. The largest absolute Gasteiger partial charge is 0.394 e. The number of nitrogens with one attached hydrogen (secondary N) is 2. The number of benzene rings is 2. The summed E-state index contributed by atoms with van der Waals surface area (Å²) in [7, 11) is 0. The van der Waals surface area contributed by atoms with Crippen LogP contribution >= 0.6 is 11.6 Å². The van der Waals surface area contributed by atoms with Gasteiger partial charge in [0, 0.05) is 11.8 Å². The van der Waals surface area contributed by atoms with Crippen LogP contribution in [-0.2, 0) is 0 Å². The van der Waals surface area contributed by atoms with Gasteiger partial charge in [0.05, 0.1) is 40.3 Å². The van der Waals surface area contributed by atoms with E-state index in [1.807, 2.05) is 12.1 Å². The van der Waals surface area contributed by atoms with Crippen molar-refractivity contribution in [3.05, 3.63) is 70.6 Å². The summed E-state index contributed by atoms with van der Waals surface area (Å²) in [6.07, 6.45) is 4.04. The van der Waals surface area contributed by atoms with Crippen LogP contribution in [0.25, 0.3) is 6.08 Å². The summed E-state index contributed by atoms with van der Waals surface area (Å²) in [4.78, 5) is 8.35. The molecule has 3 rings (SSSR count). The number of hydrogen-bond donors (Lipinski definition) is 3. The lowest BCUT2D eigenvalue weighted by atomic mass is 10.2. The zero-order valence-corrected chi connectivity index (χ0v) is 15.6. The summed E-state index contributed by atoms with van der Waals surface area (Å²) in [5.41, 5.74) is 7.72. The van der Waals surface area contributed by atoms with Crippen LogP contribution in [0.15, 0.2) is 48.7 Å². The Labute approximate surface area is 170 Å². The third-order valence-electron chi connectivity index (χ3n) is 3.75. The Bertz CT molecular complexity index is 1140. The van der Waals surface area contributed by atoms with Gasteiger partial charge in [-0.1, -0.05) is 11.6 Å². The van der Waals surface area contributed by atoms with Crippen molar-refractivity contribution in [3.63, 3.8) is 0 Å². The molecule has 0 saturated carbocycles. The second kappa shape index (κ2) is 8.70. The predicted molar refractivity (Wildman–Crippen MR) is 110 cm³/mol. The molecule has 142 valence electrons. The minimum atomic E-state index is -0.630. The average molecular weight is 406 g/mol. The summed E-state index contributed by atoms with van der Waals surface area (Å²) in [5.74, 6) is -0.247. The minimum Gasteiger partial charge on any atom is -0.394 e. The lowest BCUT2D eigenvalue weighted by Gasteiger charge is -2.13. The van der Waals surface area contributed by atoms with Crippen molar-refractivity contribution in [2.75, 3.05) is 16.4 Å². The molecule has 4 N–H and O–H groups in total. The molecule has 0 spiro atoms. The Hall–Kier alpha value is -4.14. The van der Waals surface area contributed by atoms with E-state index in [4.69, 9.17) is 27.9 Å². The van der Waals surface area contributed by atoms with Crippen LogP contribution in [0.2, 0.25) is 5.02 Å². The Morgan fingerprint density at radius 1 is 1.14 bits per heavy atom. The number of allylic oxidation sites excluding steroid dienone is 1. The maximum atomic E-state index is 14.5. The maximum Gasteiger partial charge on any atom is 0.229 e. The van der Waals surface area contributed by atoms with Crippen molar-refractivity contribution in [1.29, 1.82) is 10.5 Å². The SMILES string of the molecule is N#C/C=C/c1cc(F)c(Nc2nc(Nc3ccc(C#N)cc3)ncc2N)c(Cl)c1. The molecule has 9 heteroatoms. The molecule has 1 heterocycles. The number of nitrogen functional groups attached to an aromatic ring is 1. The summed E-state index contributed by atoms with van der Waals surface area (Å²) >= 11 is 6.17. The van der Waals surface area contributed by atoms with Crippen molar-refractivity contribution < 1.29 is 4.39 Å². The molecular weight excluding hydrogens is 393 g/mol. The van der Waals surface area contributed by atoms with E-state index in [0.717, 1.165) is 0 Å². The van der Waals surface area contributed by atoms with E-state index in [1.165, 1.54) is 30.5 Å². The van der Waals surface area contributed by atoms with Crippen LogP contribution in [0.1, 0.15) is 11.1 Å². The molecule has 0 bridgehead atoms. The molecule has 3 aromatic rings. The molecule has 0 saturated heterocycles. The molecule has 0 amide bonds. The first kappa shape index (κ1) is 19.6. The summed E-state index contributed by atoms with van der Waals surface area (Å²) in [6.45, 7) is 0. The standard InChI is InChI=1S/C20H13ClFN7/c21-15-8-13(2-1-7-23)9-16(22)18(15)28-19-17(25)11-26-20(29-19)27-14-5-3-12(10-24)4-6-14/h1-6,8-9,11H,25H2,(H2,26,27,28,29)/b2-1+. The molecule has 0 unspecified atom stereocenters. The van der Waals surface area contributed by atoms with Gasteiger partial charge in [0.2, 0.25) is 5.95 Å². The highest BCUT2D eigenvalue weighted by molar-refractivity contribution is 6.33. The van der Waals surface area contributed by atoms with E-state index in [9.17, 15) is 4.39 Å². The lowest BCUT2D eigenvalue weighted by Crippen LogP contribution is -2.05. The second-order valence-electron chi connectivity index (χ2n) is 5.76. The van der Waals surface area contributed by atoms with Crippen molar-refractivity contribution in [2.45, 2.75) is 0 Å². The Kier molecular flexibility index (Phi) is 5.88. The van der Waals surface area contributed by atoms with E-state index in [1.54, 1.807) is 24.3 Å². The minimum absolute atomic E-state index is 0.00417. The molecule has 7 nitrogen and oxygen atoms in total. The highest BCUT2D eigenvalue weighted by atomic mass is 35.5. The predicted octanol–water partition coefficient (Wildman–Crippen LogP) is 4.75. The van der Waals surface area contributed by atoms with Gasteiger partial charge in [0.15, 0.2) is 5.82 Å². The van der Waals surface area contributed by atoms with Gasteiger partial charge in [0.1, 0.15) is 5.82 Å². The quantitative estimate of drug-likeness (QED) is 0.523. The van der Waals surface area contributed by atoms with Gasteiger partial charge in [-0.3, -0.25) is 0 Å². The molecule has 0 aliphatic carbocycles. The Morgan fingerprint density at radius 3 is 2.55 bits per heavy atom.